The molecular formula is C19H27N3O4. The first-order valence-electron chi connectivity index (χ1n) is 9.05. The van der Waals surface area contributed by atoms with E-state index >= 15 is 0 Å². The summed E-state index contributed by atoms with van der Waals surface area (Å²) in [5, 5.41) is 3.00. The smallest absolute Gasteiger partial charge is 0.409 e. The highest BCUT2D eigenvalue weighted by Crippen LogP contribution is 2.15. The van der Waals surface area contributed by atoms with Crippen molar-refractivity contribution in [2.24, 2.45) is 0 Å². The first kappa shape index (κ1) is 19.8. The van der Waals surface area contributed by atoms with Gasteiger partial charge in [0.1, 0.15) is 0 Å². The number of likely N-dealkylation sites (tertiary alicyclic amines) is 1. The van der Waals surface area contributed by atoms with Crippen LogP contribution < -0.4 is 10.2 Å². The van der Waals surface area contributed by atoms with Crippen molar-refractivity contribution in [2.45, 2.75) is 39.2 Å². The van der Waals surface area contributed by atoms with Crippen molar-refractivity contribution in [2.75, 3.05) is 31.1 Å². The molecule has 1 saturated heterocycles. The van der Waals surface area contributed by atoms with E-state index in [-0.39, 0.29) is 30.4 Å². The summed E-state index contributed by atoms with van der Waals surface area (Å²) in [4.78, 5) is 39.0. The van der Waals surface area contributed by atoms with Crippen molar-refractivity contribution in [1.29, 1.82) is 0 Å². The molecular weight excluding hydrogens is 334 g/mol. The van der Waals surface area contributed by atoms with E-state index in [0.29, 0.717) is 39.1 Å². The Labute approximate surface area is 154 Å². The fourth-order valence-corrected chi connectivity index (χ4v) is 3.01. The Balaban J connectivity index is 1.77. The summed E-state index contributed by atoms with van der Waals surface area (Å²) in [6.45, 7) is 5.14. The molecule has 1 fully saturated rings. The summed E-state index contributed by atoms with van der Waals surface area (Å²) in [7, 11) is 0. The van der Waals surface area contributed by atoms with Gasteiger partial charge in [0.25, 0.3) is 0 Å². The van der Waals surface area contributed by atoms with E-state index in [1.165, 1.54) is 6.92 Å². The van der Waals surface area contributed by atoms with E-state index in [1.807, 2.05) is 30.3 Å². The Morgan fingerprint density at radius 3 is 2.42 bits per heavy atom. The van der Waals surface area contributed by atoms with Crippen molar-refractivity contribution in [1.82, 2.24) is 10.2 Å². The number of benzene rings is 1. The van der Waals surface area contributed by atoms with Gasteiger partial charge in [0.15, 0.2) is 0 Å². The normalized spacial score (nSPS) is 14.6. The number of para-hydroxylation sites is 1. The molecule has 0 unspecified atom stereocenters. The van der Waals surface area contributed by atoms with Gasteiger partial charge in [0.05, 0.1) is 6.61 Å². The van der Waals surface area contributed by atoms with Crippen LogP contribution in [0.1, 0.15) is 33.1 Å². The molecule has 0 radical (unpaired) electrons. The molecule has 3 amide bonds. The zero-order chi connectivity index (χ0) is 18.9. The van der Waals surface area contributed by atoms with E-state index < -0.39 is 0 Å². The van der Waals surface area contributed by atoms with Crippen LogP contribution >= 0.6 is 0 Å². The minimum Gasteiger partial charge on any atom is -0.450 e. The van der Waals surface area contributed by atoms with E-state index in [4.69, 9.17) is 4.74 Å². The quantitative estimate of drug-likeness (QED) is 0.842. The van der Waals surface area contributed by atoms with Gasteiger partial charge in [0.2, 0.25) is 11.8 Å². The van der Waals surface area contributed by atoms with Gasteiger partial charge < -0.3 is 19.9 Å². The van der Waals surface area contributed by atoms with Gasteiger partial charge in [-0.1, -0.05) is 18.2 Å². The van der Waals surface area contributed by atoms with Crippen LogP contribution in [0.25, 0.3) is 0 Å². The number of piperidine rings is 1. The van der Waals surface area contributed by atoms with Gasteiger partial charge in [-0.3, -0.25) is 9.59 Å². The van der Waals surface area contributed by atoms with Gasteiger partial charge in [0, 0.05) is 44.7 Å². The molecule has 1 aromatic rings. The van der Waals surface area contributed by atoms with Gasteiger partial charge >= 0.3 is 6.09 Å². The lowest BCUT2D eigenvalue weighted by atomic mass is 10.1. The number of nitrogens with zero attached hydrogens (tertiary/aromatic N) is 2. The average Bonchev–Trinajstić information content (AvgIpc) is 2.63. The minimum absolute atomic E-state index is 0.0516. The molecule has 1 aliphatic rings. The number of hydrogen-bond donors (Lipinski definition) is 1. The first-order chi connectivity index (χ1) is 12.5. The Hall–Kier alpha value is -2.57. The first-order valence-corrected chi connectivity index (χ1v) is 9.05. The van der Waals surface area contributed by atoms with Gasteiger partial charge in [-0.25, -0.2) is 4.79 Å². The largest absolute Gasteiger partial charge is 0.450 e. The van der Waals surface area contributed by atoms with Crippen LogP contribution in [0, 0.1) is 0 Å². The number of amides is 3. The van der Waals surface area contributed by atoms with E-state index in [0.717, 1.165) is 5.69 Å². The number of nitrogens with one attached hydrogen (secondary N) is 1. The Morgan fingerprint density at radius 2 is 1.85 bits per heavy atom. The molecule has 1 heterocycles. The molecule has 1 aliphatic heterocycles. The molecule has 0 bridgehead atoms. The Kier molecular flexibility index (Phi) is 7.44. The molecule has 0 aliphatic carbocycles. The van der Waals surface area contributed by atoms with Gasteiger partial charge in [-0.15, -0.1) is 0 Å². The van der Waals surface area contributed by atoms with Crippen LogP contribution in [0.4, 0.5) is 10.5 Å². The zero-order valence-corrected chi connectivity index (χ0v) is 15.4. The summed E-state index contributed by atoms with van der Waals surface area (Å²) < 4.78 is 4.99. The number of carbonyl (C=O) groups is 3. The molecule has 2 rings (SSSR count). The molecule has 0 aromatic heterocycles. The zero-order valence-electron chi connectivity index (χ0n) is 15.4. The molecule has 1 aromatic carbocycles. The van der Waals surface area contributed by atoms with E-state index in [2.05, 4.69) is 5.32 Å². The lowest BCUT2D eigenvalue weighted by molar-refractivity contribution is -0.122. The maximum atomic E-state index is 12.2. The summed E-state index contributed by atoms with van der Waals surface area (Å²) in [5.74, 6) is -0.173. The predicted octanol–water partition coefficient (Wildman–Crippen LogP) is 2.17. The molecule has 7 nitrogen and oxygen atoms in total. The number of carbonyl (C=O) groups excluding carboxylic acids is 3. The number of anilines is 1. The molecule has 0 atom stereocenters. The summed E-state index contributed by atoms with van der Waals surface area (Å²) in [6.07, 6.45) is 1.36. The lowest BCUT2D eigenvalue weighted by Crippen LogP contribution is -2.47. The molecule has 7 heteroatoms. The van der Waals surface area contributed by atoms with Crippen molar-refractivity contribution in [3.8, 4) is 0 Å². The highest BCUT2D eigenvalue weighted by Gasteiger charge is 2.24. The van der Waals surface area contributed by atoms with Crippen molar-refractivity contribution >= 4 is 23.6 Å². The topological polar surface area (TPSA) is 79.0 Å². The lowest BCUT2D eigenvalue weighted by Gasteiger charge is -2.31. The van der Waals surface area contributed by atoms with Gasteiger partial charge in [-0.2, -0.15) is 0 Å². The molecule has 142 valence electrons. The monoisotopic (exact) mass is 361 g/mol. The van der Waals surface area contributed by atoms with Crippen molar-refractivity contribution in [3.05, 3.63) is 30.3 Å². The van der Waals surface area contributed by atoms with E-state index in [9.17, 15) is 14.4 Å². The SMILES string of the molecule is CCOC(=O)N1CCC(NC(=O)CCN(C(C)=O)c2ccccc2)CC1. The maximum absolute atomic E-state index is 12.2. The fourth-order valence-electron chi connectivity index (χ4n) is 3.01. The van der Waals surface area contributed by atoms with Crippen LogP contribution in [0.15, 0.2) is 30.3 Å². The fraction of sp³-hybridized carbons (Fsp3) is 0.526. The Morgan fingerprint density at radius 1 is 1.19 bits per heavy atom. The summed E-state index contributed by atoms with van der Waals surface area (Å²) in [5.41, 5.74) is 0.788. The van der Waals surface area contributed by atoms with Crippen molar-refractivity contribution in [3.63, 3.8) is 0 Å². The Bertz CT molecular complexity index is 612. The second-order valence-corrected chi connectivity index (χ2v) is 6.28. The second kappa shape index (κ2) is 9.79. The minimum atomic E-state index is -0.294. The molecule has 1 N–H and O–H groups in total. The van der Waals surface area contributed by atoms with Crippen LogP contribution in [0.5, 0.6) is 0 Å². The van der Waals surface area contributed by atoms with Crippen LogP contribution in [0.3, 0.4) is 0 Å². The summed E-state index contributed by atoms with van der Waals surface area (Å²) >= 11 is 0. The second-order valence-electron chi connectivity index (χ2n) is 6.28. The van der Waals surface area contributed by atoms with Crippen LogP contribution in [0.2, 0.25) is 0 Å². The highest BCUT2D eigenvalue weighted by molar-refractivity contribution is 5.92. The van der Waals surface area contributed by atoms with Gasteiger partial charge in [-0.05, 0) is 31.9 Å². The summed E-state index contributed by atoms with van der Waals surface area (Å²) in [6, 6.07) is 9.37. The third-order valence-corrected chi connectivity index (χ3v) is 4.40. The van der Waals surface area contributed by atoms with Crippen LogP contribution in [-0.2, 0) is 14.3 Å². The number of rotatable bonds is 6. The van der Waals surface area contributed by atoms with Crippen molar-refractivity contribution < 1.29 is 19.1 Å². The van der Waals surface area contributed by atoms with Crippen LogP contribution in [-0.4, -0.2) is 55.1 Å². The number of ether oxygens (including phenoxy) is 1. The highest BCUT2D eigenvalue weighted by atomic mass is 16.6. The third kappa shape index (κ3) is 5.75. The standard InChI is InChI=1S/C19H27N3O4/c1-3-26-19(25)21-12-9-16(10-13-21)20-18(24)11-14-22(15(2)23)17-7-5-4-6-8-17/h4-8,16H,3,9-14H2,1-2H3,(H,20,24). The average molecular weight is 361 g/mol. The molecule has 0 saturated carbocycles. The van der Waals surface area contributed by atoms with E-state index in [1.54, 1.807) is 16.7 Å². The molecule has 26 heavy (non-hydrogen) atoms. The number of hydrogen-bond acceptors (Lipinski definition) is 4. The predicted molar refractivity (Wildman–Crippen MR) is 98.8 cm³/mol. The third-order valence-electron chi connectivity index (χ3n) is 4.40. The maximum Gasteiger partial charge on any atom is 0.409 e. The molecule has 0 spiro atoms.